The van der Waals surface area contributed by atoms with Gasteiger partial charge in [-0.25, -0.2) is 8.42 Å². The molecule has 1 N–H and O–H groups in total. The largest absolute Gasteiger partial charge is 0.388 e. The normalized spacial score (nSPS) is 38.3. The number of aliphatic hydroxyl groups is 1. The maximum Gasteiger partial charge on any atom is 0.213 e. The van der Waals surface area contributed by atoms with Gasteiger partial charge < -0.3 is 9.84 Å². The molecule has 0 aromatic carbocycles. The van der Waals surface area contributed by atoms with E-state index in [9.17, 15) is 18.8 Å². The molecule has 22 heavy (non-hydrogen) atoms. The predicted octanol–water partition coefficient (Wildman–Crippen LogP) is 1.11. The lowest BCUT2D eigenvalue weighted by Gasteiger charge is -2.53. The smallest absolute Gasteiger partial charge is 0.213 e. The number of nitriles is 1. The highest BCUT2D eigenvalue weighted by molar-refractivity contribution is 7.89. The highest BCUT2D eigenvalue weighted by Crippen LogP contribution is 2.44. The first kappa shape index (κ1) is 17.7. The minimum Gasteiger partial charge on any atom is -0.388 e. The molecule has 5 atom stereocenters. The molecule has 2 aliphatic rings. The van der Waals surface area contributed by atoms with Gasteiger partial charge in [-0.1, -0.05) is 0 Å². The van der Waals surface area contributed by atoms with Crippen molar-refractivity contribution in [2.75, 3.05) is 12.8 Å². The van der Waals surface area contributed by atoms with Crippen LogP contribution in [-0.4, -0.2) is 54.5 Å². The van der Waals surface area contributed by atoms with Crippen LogP contribution >= 0.6 is 0 Å². The molecule has 1 aliphatic heterocycles. The molecule has 1 saturated carbocycles. The van der Waals surface area contributed by atoms with Crippen molar-refractivity contribution in [1.82, 2.24) is 4.31 Å². The standard InChI is InChI=1S/C15H26N2O4S/c1-5-22(19,20)17(4)13-11-8-10(9-16)6-7-12(11)21-15(2,3)14(13)18/h10-14,18H,5-8H2,1-4H3/t10?,11?,12?,13-,14+/m0/s1. The lowest BCUT2D eigenvalue weighted by atomic mass is 9.70. The number of ether oxygens (including phenoxy) is 1. The van der Waals surface area contributed by atoms with Gasteiger partial charge in [-0.05, 0) is 40.0 Å². The number of rotatable bonds is 3. The molecule has 1 heterocycles. The van der Waals surface area contributed by atoms with E-state index in [-0.39, 0.29) is 23.7 Å². The summed E-state index contributed by atoms with van der Waals surface area (Å²) in [5, 5.41) is 19.9. The molecule has 126 valence electrons. The summed E-state index contributed by atoms with van der Waals surface area (Å²) in [6.07, 6.45) is 1.04. The minimum atomic E-state index is -3.42. The van der Waals surface area contributed by atoms with Gasteiger partial charge in [0, 0.05) is 18.9 Å². The van der Waals surface area contributed by atoms with Gasteiger partial charge in [0.2, 0.25) is 10.0 Å². The van der Waals surface area contributed by atoms with Gasteiger partial charge in [-0.3, -0.25) is 0 Å². The third-order valence-corrected chi connectivity index (χ3v) is 7.02. The topological polar surface area (TPSA) is 90.6 Å². The van der Waals surface area contributed by atoms with Crippen molar-refractivity contribution in [3.8, 4) is 6.07 Å². The van der Waals surface area contributed by atoms with Crippen LogP contribution < -0.4 is 0 Å². The van der Waals surface area contributed by atoms with Crippen molar-refractivity contribution in [3.63, 3.8) is 0 Å². The van der Waals surface area contributed by atoms with E-state index in [1.54, 1.807) is 20.8 Å². The quantitative estimate of drug-likeness (QED) is 0.837. The lowest BCUT2D eigenvalue weighted by molar-refractivity contribution is -0.225. The molecule has 6 nitrogen and oxygen atoms in total. The molecule has 3 unspecified atom stereocenters. The number of nitrogens with zero attached hydrogens (tertiary/aromatic N) is 2. The monoisotopic (exact) mass is 330 g/mol. The first-order chi connectivity index (χ1) is 10.1. The van der Waals surface area contributed by atoms with E-state index < -0.39 is 27.8 Å². The Hall–Kier alpha value is -0.680. The number of hydrogen-bond donors (Lipinski definition) is 1. The summed E-state index contributed by atoms with van der Waals surface area (Å²) in [6, 6.07) is 1.73. The number of aliphatic hydroxyl groups excluding tert-OH is 1. The molecule has 7 heteroatoms. The van der Waals surface area contributed by atoms with Crippen molar-refractivity contribution >= 4 is 10.0 Å². The number of sulfonamides is 1. The van der Waals surface area contributed by atoms with Crippen LogP contribution in [0.3, 0.4) is 0 Å². The molecular weight excluding hydrogens is 304 g/mol. The van der Waals surface area contributed by atoms with Gasteiger partial charge in [0.1, 0.15) is 0 Å². The van der Waals surface area contributed by atoms with Crippen molar-refractivity contribution in [2.45, 2.75) is 63.9 Å². The fourth-order valence-electron chi connectivity index (χ4n) is 3.76. The van der Waals surface area contributed by atoms with Gasteiger partial charge in [-0.2, -0.15) is 9.57 Å². The molecule has 1 saturated heterocycles. The second-order valence-electron chi connectivity index (χ2n) is 6.91. The fourth-order valence-corrected chi connectivity index (χ4v) is 4.81. The van der Waals surface area contributed by atoms with Crippen LogP contribution in [0.15, 0.2) is 0 Å². The summed E-state index contributed by atoms with van der Waals surface area (Å²) >= 11 is 0. The van der Waals surface area contributed by atoms with Crippen molar-refractivity contribution in [3.05, 3.63) is 0 Å². The van der Waals surface area contributed by atoms with Gasteiger partial charge in [0.25, 0.3) is 0 Å². The van der Waals surface area contributed by atoms with E-state index in [2.05, 4.69) is 6.07 Å². The Morgan fingerprint density at radius 2 is 2.05 bits per heavy atom. The van der Waals surface area contributed by atoms with Crippen LogP contribution in [0.2, 0.25) is 0 Å². The Balaban J connectivity index is 2.38. The number of fused-ring (bicyclic) bond motifs is 1. The van der Waals surface area contributed by atoms with E-state index in [1.165, 1.54) is 11.4 Å². The second kappa shape index (κ2) is 6.08. The first-order valence-electron chi connectivity index (χ1n) is 7.85. The Morgan fingerprint density at radius 1 is 1.41 bits per heavy atom. The van der Waals surface area contributed by atoms with Crippen LogP contribution in [0.1, 0.15) is 40.0 Å². The molecule has 2 fully saturated rings. The molecule has 0 spiro atoms. The van der Waals surface area contributed by atoms with E-state index in [4.69, 9.17) is 4.74 Å². The number of likely N-dealkylation sites (N-methyl/N-ethyl adjacent to an activating group) is 1. The Morgan fingerprint density at radius 3 is 2.59 bits per heavy atom. The summed E-state index contributed by atoms with van der Waals surface area (Å²) in [7, 11) is -1.89. The first-order valence-corrected chi connectivity index (χ1v) is 9.46. The predicted molar refractivity (Wildman–Crippen MR) is 82.4 cm³/mol. The molecule has 0 amide bonds. The van der Waals surface area contributed by atoms with Crippen LogP contribution in [0, 0.1) is 23.2 Å². The summed E-state index contributed by atoms with van der Waals surface area (Å²) in [6.45, 7) is 5.19. The highest BCUT2D eigenvalue weighted by atomic mass is 32.2. The molecular formula is C15H26N2O4S. The summed E-state index contributed by atoms with van der Waals surface area (Å²) in [4.78, 5) is 0. The van der Waals surface area contributed by atoms with Crippen LogP contribution in [0.25, 0.3) is 0 Å². The average molecular weight is 330 g/mol. The van der Waals surface area contributed by atoms with Gasteiger partial charge >= 0.3 is 0 Å². The zero-order valence-electron chi connectivity index (χ0n) is 13.7. The molecule has 0 bridgehead atoms. The fraction of sp³-hybridized carbons (Fsp3) is 0.933. The summed E-state index contributed by atoms with van der Waals surface area (Å²) in [5.41, 5.74) is -0.803. The Kier molecular flexibility index (Phi) is 4.88. The number of hydrogen-bond acceptors (Lipinski definition) is 5. The minimum absolute atomic E-state index is 0.00687. The maximum absolute atomic E-state index is 12.3. The van der Waals surface area contributed by atoms with Gasteiger partial charge in [0.15, 0.2) is 0 Å². The molecule has 0 aromatic heterocycles. The van der Waals surface area contributed by atoms with Crippen LogP contribution in [0.4, 0.5) is 0 Å². The highest BCUT2D eigenvalue weighted by Gasteiger charge is 2.53. The van der Waals surface area contributed by atoms with E-state index in [0.29, 0.717) is 6.42 Å². The Bertz CT molecular complexity index is 554. The molecule has 0 aromatic rings. The van der Waals surface area contributed by atoms with E-state index in [1.807, 2.05) is 0 Å². The van der Waals surface area contributed by atoms with Crippen molar-refractivity contribution in [2.24, 2.45) is 11.8 Å². The van der Waals surface area contributed by atoms with Gasteiger partial charge in [0.05, 0.1) is 35.7 Å². The average Bonchev–Trinajstić information content (AvgIpc) is 2.47. The lowest BCUT2D eigenvalue weighted by Crippen LogP contribution is -2.65. The Labute approximate surface area is 133 Å². The maximum atomic E-state index is 12.3. The van der Waals surface area contributed by atoms with E-state index in [0.717, 1.165) is 12.8 Å². The van der Waals surface area contributed by atoms with Crippen molar-refractivity contribution < 1.29 is 18.3 Å². The summed E-state index contributed by atoms with van der Waals surface area (Å²) < 4.78 is 31.9. The molecule has 1 aliphatic carbocycles. The molecule has 0 radical (unpaired) electrons. The zero-order valence-corrected chi connectivity index (χ0v) is 14.5. The van der Waals surface area contributed by atoms with Crippen LogP contribution in [0.5, 0.6) is 0 Å². The van der Waals surface area contributed by atoms with Crippen LogP contribution in [-0.2, 0) is 14.8 Å². The SMILES string of the molecule is CCS(=O)(=O)N(C)[C@H]1C2CC(C#N)CCC2OC(C)(C)[C@@H]1O. The second-order valence-corrected chi connectivity index (χ2v) is 9.23. The van der Waals surface area contributed by atoms with Crippen molar-refractivity contribution in [1.29, 1.82) is 5.26 Å². The summed E-state index contributed by atoms with van der Waals surface area (Å²) in [5.74, 6) is -0.251. The third-order valence-electron chi connectivity index (χ3n) is 5.17. The molecule has 2 rings (SSSR count). The zero-order chi connectivity index (χ0) is 16.7. The van der Waals surface area contributed by atoms with Gasteiger partial charge in [-0.15, -0.1) is 0 Å². The third kappa shape index (κ3) is 3.02. The van der Waals surface area contributed by atoms with E-state index >= 15 is 0 Å².